The van der Waals surface area contributed by atoms with E-state index in [0.29, 0.717) is 12.6 Å². The molecule has 15 heavy (non-hydrogen) atoms. The van der Waals surface area contributed by atoms with Gasteiger partial charge in [-0.2, -0.15) is 0 Å². The first-order chi connectivity index (χ1) is 7.36. The number of nitrogens with two attached hydrogens (primary N) is 1. The number of ether oxygens (including phenoxy) is 1. The van der Waals surface area contributed by atoms with Gasteiger partial charge in [0, 0.05) is 26.2 Å². The van der Waals surface area contributed by atoms with Crippen LogP contribution in [0.5, 0.6) is 0 Å². The van der Waals surface area contributed by atoms with Gasteiger partial charge in [-0.3, -0.25) is 0 Å². The van der Waals surface area contributed by atoms with Gasteiger partial charge in [0.25, 0.3) is 0 Å². The van der Waals surface area contributed by atoms with E-state index in [4.69, 9.17) is 10.5 Å². The second-order valence-electron chi connectivity index (χ2n) is 3.93. The molecule has 0 saturated heterocycles. The van der Waals surface area contributed by atoms with Crippen molar-refractivity contribution in [3.63, 3.8) is 0 Å². The fourth-order valence-corrected chi connectivity index (χ4v) is 1.80. The fourth-order valence-electron chi connectivity index (χ4n) is 1.80. The molecule has 5 heteroatoms. The molecule has 1 aromatic heterocycles. The highest BCUT2D eigenvalue weighted by molar-refractivity contribution is 5.02. The molecule has 1 aliphatic rings. The van der Waals surface area contributed by atoms with Crippen molar-refractivity contribution in [2.24, 2.45) is 5.73 Å². The van der Waals surface area contributed by atoms with Crippen LogP contribution in [0.25, 0.3) is 0 Å². The summed E-state index contributed by atoms with van der Waals surface area (Å²) in [4.78, 5) is 0. The summed E-state index contributed by atoms with van der Waals surface area (Å²) in [6.45, 7) is 1.25. The number of nitrogens with zero attached hydrogens (tertiary/aromatic N) is 3. The minimum atomic E-state index is 0.480. The number of hydrogen-bond acceptors (Lipinski definition) is 4. The van der Waals surface area contributed by atoms with Crippen LogP contribution in [0, 0.1) is 0 Å². The van der Waals surface area contributed by atoms with Gasteiger partial charge in [-0.25, -0.2) is 0 Å². The van der Waals surface area contributed by atoms with E-state index in [1.807, 2.05) is 0 Å². The van der Waals surface area contributed by atoms with E-state index in [1.54, 1.807) is 7.11 Å². The van der Waals surface area contributed by atoms with Crippen LogP contribution in [-0.4, -0.2) is 28.5 Å². The fraction of sp³-hybridized carbons (Fsp3) is 0.800. The smallest absolute Gasteiger partial charge is 0.147 e. The molecular formula is C10H18N4O. The highest BCUT2D eigenvalue weighted by Gasteiger charge is 2.28. The average molecular weight is 210 g/mol. The van der Waals surface area contributed by atoms with Crippen LogP contribution in [-0.2, 0) is 17.7 Å². The molecule has 0 unspecified atom stereocenters. The van der Waals surface area contributed by atoms with Gasteiger partial charge >= 0.3 is 0 Å². The van der Waals surface area contributed by atoms with Crippen LogP contribution in [0.1, 0.15) is 37.0 Å². The van der Waals surface area contributed by atoms with Gasteiger partial charge in [-0.05, 0) is 19.3 Å². The molecule has 1 heterocycles. The van der Waals surface area contributed by atoms with Gasteiger partial charge in [0.1, 0.15) is 11.6 Å². The molecule has 0 spiro atoms. The Morgan fingerprint density at radius 2 is 2.13 bits per heavy atom. The van der Waals surface area contributed by atoms with E-state index in [-0.39, 0.29) is 0 Å². The molecular weight excluding hydrogens is 192 g/mol. The van der Waals surface area contributed by atoms with Gasteiger partial charge in [0.15, 0.2) is 0 Å². The molecule has 0 aromatic carbocycles. The first-order valence-corrected chi connectivity index (χ1v) is 5.48. The third kappa shape index (κ3) is 2.35. The SMILES string of the molecule is COCCCc1nnc(CN)n1C1CC1. The van der Waals surface area contributed by atoms with E-state index in [9.17, 15) is 0 Å². The highest BCUT2D eigenvalue weighted by Crippen LogP contribution is 2.36. The summed E-state index contributed by atoms with van der Waals surface area (Å²) in [5.74, 6) is 1.99. The molecule has 2 rings (SSSR count). The maximum Gasteiger partial charge on any atom is 0.147 e. The summed E-state index contributed by atoms with van der Waals surface area (Å²) >= 11 is 0. The van der Waals surface area contributed by atoms with E-state index >= 15 is 0 Å². The quantitative estimate of drug-likeness (QED) is 0.700. The Morgan fingerprint density at radius 1 is 1.40 bits per heavy atom. The monoisotopic (exact) mass is 210 g/mol. The lowest BCUT2D eigenvalue weighted by molar-refractivity contribution is 0.194. The van der Waals surface area contributed by atoms with Crippen molar-refractivity contribution in [3.8, 4) is 0 Å². The minimum absolute atomic E-state index is 0.480. The topological polar surface area (TPSA) is 66.0 Å². The third-order valence-electron chi connectivity index (χ3n) is 2.68. The maximum atomic E-state index is 5.64. The minimum Gasteiger partial charge on any atom is -0.385 e. The lowest BCUT2D eigenvalue weighted by Crippen LogP contribution is -2.10. The van der Waals surface area contributed by atoms with Gasteiger partial charge in [0.2, 0.25) is 0 Å². The largest absolute Gasteiger partial charge is 0.385 e. The van der Waals surface area contributed by atoms with Gasteiger partial charge in [-0.15, -0.1) is 10.2 Å². The van der Waals surface area contributed by atoms with Crippen molar-refractivity contribution in [2.45, 2.75) is 38.3 Å². The second-order valence-corrected chi connectivity index (χ2v) is 3.93. The Bertz CT molecular complexity index is 319. The zero-order valence-corrected chi connectivity index (χ0v) is 9.15. The Hall–Kier alpha value is -0.940. The lowest BCUT2D eigenvalue weighted by Gasteiger charge is -2.07. The Labute approximate surface area is 89.6 Å². The van der Waals surface area contributed by atoms with Gasteiger partial charge < -0.3 is 15.0 Å². The van der Waals surface area contributed by atoms with Crippen LogP contribution >= 0.6 is 0 Å². The number of rotatable bonds is 6. The van der Waals surface area contributed by atoms with Crippen LogP contribution in [0.2, 0.25) is 0 Å². The first kappa shape index (κ1) is 10.6. The number of aryl methyl sites for hydroxylation is 1. The Morgan fingerprint density at radius 3 is 2.73 bits per heavy atom. The van der Waals surface area contributed by atoms with Crippen molar-refractivity contribution in [1.29, 1.82) is 0 Å². The number of methoxy groups -OCH3 is 1. The lowest BCUT2D eigenvalue weighted by atomic mass is 10.3. The molecule has 0 bridgehead atoms. The predicted octanol–water partition coefficient (Wildman–Crippen LogP) is 0.651. The molecule has 0 aliphatic heterocycles. The molecule has 0 atom stereocenters. The molecule has 5 nitrogen and oxygen atoms in total. The maximum absolute atomic E-state index is 5.64. The first-order valence-electron chi connectivity index (χ1n) is 5.48. The molecule has 0 radical (unpaired) electrons. The molecule has 1 aromatic rings. The summed E-state index contributed by atoms with van der Waals surface area (Å²) in [5.41, 5.74) is 5.64. The Kier molecular flexibility index (Phi) is 3.33. The normalized spacial score (nSPS) is 15.9. The molecule has 1 fully saturated rings. The second kappa shape index (κ2) is 4.72. The molecule has 2 N–H and O–H groups in total. The van der Waals surface area contributed by atoms with Crippen LogP contribution in [0.4, 0.5) is 0 Å². The van der Waals surface area contributed by atoms with Crippen molar-refractivity contribution >= 4 is 0 Å². The van der Waals surface area contributed by atoms with E-state index in [1.165, 1.54) is 12.8 Å². The zero-order chi connectivity index (χ0) is 10.7. The van der Waals surface area contributed by atoms with Crippen LogP contribution < -0.4 is 5.73 Å². The van der Waals surface area contributed by atoms with Crippen molar-refractivity contribution in [2.75, 3.05) is 13.7 Å². The number of aromatic nitrogens is 3. The van der Waals surface area contributed by atoms with Gasteiger partial charge in [-0.1, -0.05) is 0 Å². The molecule has 84 valence electrons. The summed E-state index contributed by atoms with van der Waals surface area (Å²) in [5, 5.41) is 8.32. The van der Waals surface area contributed by atoms with Crippen LogP contribution in [0.15, 0.2) is 0 Å². The molecule has 1 saturated carbocycles. The van der Waals surface area contributed by atoms with Crippen molar-refractivity contribution in [3.05, 3.63) is 11.6 Å². The third-order valence-corrected chi connectivity index (χ3v) is 2.68. The highest BCUT2D eigenvalue weighted by atomic mass is 16.5. The average Bonchev–Trinajstić information content (AvgIpc) is 3.00. The van der Waals surface area contributed by atoms with E-state index < -0.39 is 0 Å². The predicted molar refractivity (Wildman–Crippen MR) is 56.4 cm³/mol. The van der Waals surface area contributed by atoms with E-state index in [2.05, 4.69) is 14.8 Å². The van der Waals surface area contributed by atoms with Crippen molar-refractivity contribution in [1.82, 2.24) is 14.8 Å². The van der Waals surface area contributed by atoms with E-state index in [0.717, 1.165) is 31.1 Å². The van der Waals surface area contributed by atoms with Crippen molar-refractivity contribution < 1.29 is 4.74 Å². The Balaban J connectivity index is 2.05. The zero-order valence-electron chi connectivity index (χ0n) is 9.15. The summed E-state index contributed by atoms with van der Waals surface area (Å²) in [7, 11) is 1.72. The number of hydrogen-bond donors (Lipinski definition) is 1. The van der Waals surface area contributed by atoms with Crippen LogP contribution in [0.3, 0.4) is 0 Å². The summed E-state index contributed by atoms with van der Waals surface area (Å²) in [6, 6.07) is 0.607. The molecule has 0 amide bonds. The summed E-state index contributed by atoms with van der Waals surface area (Å²) in [6.07, 6.45) is 4.40. The van der Waals surface area contributed by atoms with Gasteiger partial charge in [0.05, 0.1) is 6.54 Å². The molecule has 1 aliphatic carbocycles. The standard InChI is InChI=1S/C10H18N4O/c1-15-6-2-3-9-12-13-10(7-11)14(9)8-4-5-8/h8H,2-7,11H2,1H3. The summed E-state index contributed by atoms with van der Waals surface area (Å²) < 4.78 is 7.25.